The van der Waals surface area contributed by atoms with E-state index in [1.807, 2.05) is 0 Å². The lowest BCUT2D eigenvalue weighted by Crippen LogP contribution is -2.24. The third kappa shape index (κ3) is 6.67. The zero-order valence-corrected chi connectivity index (χ0v) is 19.2. The van der Waals surface area contributed by atoms with Crippen LogP contribution in [0.15, 0.2) is 46.8 Å². The molecular weight excluding hydrogens is 471 g/mol. The zero-order chi connectivity index (χ0) is 24.9. The highest BCUT2D eigenvalue weighted by Crippen LogP contribution is 2.27. The third-order valence-corrected chi connectivity index (χ3v) is 5.47. The number of aryl methyl sites for hydroxylation is 1. The molecule has 180 valence electrons. The van der Waals surface area contributed by atoms with E-state index in [0.717, 1.165) is 0 Å². The summed E-state index contributed by atoms with van der Waals surface area (Å²) in [4.78, 5) is 32.6. The van der Waals surface area contributed by atoms with Crippen molar-refractivity contribution < 1.29 is 27.5 Å². The van der Waals surface area contributed by atoms with E-state index in [9.17, 15) is 22.8 Å². The van der Waals surface area contributed by atoms with Gasteiger partial charge in [-0.05, 0) is 55.3 Å². The fraction of sp³-hybridized carbons (Fsp3) is 0.273. The number of alkyl halides is 3. The minimum absolute atomic E-state index is 0.0722. The number of thiazole rings is 1. The monoisotopic (exact) mass is 493 g/mol. The summed E-state index contributed by atoms with van der Waals surface area (Å²) in [5.41, 5.74) is 7.95. The van der Waals surface area contributed by atoms with E-state index in [4.69, 9.17) is 5.73 Å². The van der Waals surface area contributed by atoms with Crippen LogP contribution in [0.3, 0.4) is 0 Å². The summed E-state index contributed by atoms with van der Waals surface area (Å²) in [5, 5.41) is 4.45. The van der Waals surface area contributed by atoms with Crippen molar-refractivity contribution in [2.75, 3.05) is 12.3 Å². The second-order valence-corrected chi connectivity index (χ2v) is 8.10. The molecule has 0 bridgehead atoms. The second-order valence-electron chi connectivity index (χ2n) is 7.27. The number of hydrogen-bond acceptors (Lipinski definition) is 6. The molecule has 1 aromatic carbocycles. The maximum absolute atomic E-state index is 12.8. The van der Waals surface area contributed by atoms with Gasteiger partial charge in [0.25, 0.3) is 5.91 Å². The molecule has 0 aliphatic rings. The number of carbonyl (C=O) groups is 2. The van der Waals surface area contributed by atoms with Crippen LogP contribution in [0.25, 0.3) is 11.3 Å². The Balaban J connectivity index is 1.96. The van der Waals surface area contributed by atoms with Gasteiger partial charge in [-0.2, -0.15) is 4.99 Å². The highest BCUT2D eigenvalue weighted by atomic mass is 32.1. The van der Waals surface area contributed by atoms with E-state index in [0.29, 0.717) is 41.3 Å². The highest BCUT2D eigenvalue weighted by molar-refractivity contribution is 7.07. The number of nitrogens with two attached hydrogens (primary N) is 1. The Morgan fingerprint density at radius 1 is 1.21 bits per heavy atom. The van der Waals surface area contributed by atoms with Gasteiger partial charge in [0, 0.05) is 31.1 Å². The SMILES string of the molecule is CC(=O)NCCCn1c(-c2ccc(OC(F)(F)F)cc2)csc1=NC(=O)c1ccc(C)nc1N. The molecule has 0 saturated carbocycles. The van der Waals surface area contributed by atoms with Crippen molar-refractivity contribution in [2.45, 2.75) is 33.2 Å². The summed E-state index contributed by atoms with van der Waals surface area (Å²) in [5.74, 6) is -1.00. The van der Waals surface area contributed by atoms with Crippen molar-refractivity contribution >= 4 is 29.0 Å². The summed E-state index contributed by atoms with van der Waals surface area (Å²) in [7, 11) is 0. The minimum Gasteiger partial charge on any atom is -0.406 e. The number of ether oxygens (including phenoxy) is 1. The molecule has 34 heavy (non-hydrogen) atoms. The van der Waals surface area contributed by atoms with E-state index < -0.39 is 12.3 Å². The first-order valence-electron chi connectivity index (χ1n) is 10.1. The standard InChI is InChI=1S/C22H22F3N5O3S/c1-13-4-9-17(19(26)28-13)20(32)29-21-30(11-3-10-27-14(2)31)18(12-34-21)15-5-7-16(8-6-15)33-22(23,24)25/h4-9,12H,3,10-11H2,1-2H3,(H2,26,28)(H,27,31). The molecule has 12 heteroatoms. The summed E-state index contributed by atoms with van der Waals surface area (Å²) in [6, 6.07) is 8.61. The van der Waals surface area contributed by atoms with Gasteiger partial charge in [0.05, 0.1) is 11.3 Å². The Morgan fingerprint density at radius 3 is 2.53 bits per heavy atom. The van der Waals surface area contributed by atoms with E-state index in [2.05, 4.69) is 20.0 Å². The number of halogens is 3. The molecule has 8 nitrogen and oxygen atoms in total. The van der Waals surface area contributed by atoms with Crippen molar-refractivity contribution in [1.29, 1.82) is 0 Å². The Labute approximate surface area is 196 Å². The van der Waals surface area contributed by atoms with Crippen LogP contribution in [0.2, 0.25) is 0 Å². The van der Waals surface area contributed by atoms with Gasteiger partial charge in [-0.15, -0.1) is 24.5 Å². The average Bonchev–Trinajstić information content (AvgIpc) is 3.12. The van der Waals surface area contributed by atoms with Gasteiger partial charge < -0.3 is 20.4 Å². The number of nitrogen functional groups attached to an aromatic ring is 1. The predicted octanol–water partition coefficient (Wildman–Crippen LogP) is 3.67. The van der Waals surface area contributed by atoms with E-state index >= 15 is 0 Å². The van der Waals surface area contributed by atoms with Crippen molar-refractivity contribution in [3.05, 3.63) is 57.8 Å². The van der Waals surface area contributed by atoms with Crippen molar-refractivity contribution in [3.63, 3.8) is 0 Å². The number of nitrogens with zero attached hydrogens (tertiary/aromatic N) is 3. The molecule has 3 aromatic rings. The number of anilines is 1. The number of benzene rings is 1. The second kappa shape index (κ2) is 10.5. The molecule has 2 aromatic heterocycles. The molecule has 2 amide bonds. The molecule has 3 N–H and O–H groups in total. The quantitative estimate of drug-likeness (QED) is 0.488. The molecule has 0 unspecified atom stereocenters. The van der Waals surface area contributed by atoms with Gasteiger partial charge in [0.1, 0.15) is 11.6 Å². The first-order valence-corrected chi connectivity index (χ1v) is 11.0. The summed E-state index contributed by atoms with van der Waals surface area (Å²) in [6.07, 6.45) is -4.25. The first-order chi connectivity index (χ1) is 16.0. The number of pyridine rings is 1. The molecule has 0 radical (unpaired) electrons. The Bertz CT molecular complexity index is 1250. The van der Waals surface area contributed by atoms with Crippen LogP contribution < -0.4 is 20.6 Å². The summed E-state index contributed by atoms with van der Waals surface area (Å²) in [6.45, 7) is 3.96. The molecule has 0 aliphatic carbocycles. The van der Waals surface area contributed by atoms with Gasteiger partial charge in [-0.3, -0.25) is 9.59 Å². The van der Waals surface area contributed by atoms with Crippen molar-refractivity contribution in [2.24, 2.45) is 4.99 Å². The van der Waals surface area contributed by atoms with E-state index in [-0.39, 0.29) is 23.0 Å². The van der Waals surface area contributed by atoms with Gasteiger partial charge in [0.15, 0.2) is 4.80 Å². The lowest BCUT2D eigenvalue weighted by molar-refractivity contribution is -0.274. The van der Waals surface area contributed by atoms with Crippen molar-refractivity contribution in [3.8, 4) is 17.0 Å². The number of nitrogens with one attached hydrogen (secondary N) is 1. The number of aromatic nitrogens is 2. The normalized spacial score (nSPS) is 12.0. The molecule has 0 atom stereocenters. The summed E-state index contributed by atoms with van der Waals surface area (Å²) < 4.78 is 43.1. The molecule has 0 aliphatic heterocycles. The number of carbonyl (C=O) groups excluding carboxylic acids is 2. The van der Waals surface area contributed by atoms with Crippen LogP contribution in [-0.4, -0.2) is 34.3 Å². The van der Waals surface area contributed by atoms with Crippen LogP contribution in [0.5, 0.6) is 5.75 Å². The largest absolute Gasteiger partial charge is 0.573 e. The topological polar surface area (TPSA) is 112 Å². The number of hydrogen-bond donors (Lipinski definition) is 2. The Hall–Kier alpha value is -3.67. The Morgan fingerprint density at radius 2 is 1.91 bits per heavy atom. The summed E-state index contributed by atoms with van der Waals surface area (Å²) >= 11 is 1.20. The molecule has 3 rings (SSSR count). The van der Waals surface area contributed by atoms with Gasteiger partial charge in [-0.1, -0.05) is 0 Å². The van der Waals surface area contributed by atoms with E-state index in [1.54, 1.807) is 29.0 Å². The van der Waals surface area contributed by atoms with E-state index in [1.165, 1.54) is 42.5 Å². The lowest BCUT2D eigenvalue weighted by atomic mass is 10.1. The number of amides is 2. The maximum Gasteiger partial charge on any atom is 0.573 e. The average molecular weight is 494 g/mol. The zero-order valence-electron chi connectivity index (χ0n) is 18.3. The van der Waals surface area contributed by atoms with Crippen molar-refractivity contribution in [1.82, 2.24) is 14.9 Å². The number of rotatable bonds is 7. The molecular formula is C22H22F3N5O3S. The predicted molar refractivity (Wildman–Crippen MR) is 121 cm³/mol. The fourth-order valence-electron chi connectivity index (χ4n) is 3.10. The molecule has 0 spiro atoms. The van der Waals surface area contributed by atoms with Gasteiger partial charge in [0.2, 0.25) is 5.91 Å². The molecule has 2 heterocycles. The third-order valence-electron chi connectivity index (χ3n) is 4.61. The highest BCUT2D eigenvalue weighted by Gasteiger charge is 2.31. The fourth-order valence-corrected chi connectivity index (χ4v) is 4.03. The van der Waals surface area contributed by atoms with Crippen LogP contribution in [0, 0.1) is 6.92 Å². The lowest BCUT2D eigenvalue weighted by Gasteiger charge is -2.11. The smallest absolute Gasteiger partial charge is 0.406 e. The maximum atomic E-state index is 12.8. The van der Waals surface area contributed by atoms with Crippen LogP contribution in [-0.2, 0) is 11.3 Å². The minimum atomic E-state index is -4.79. The molecule has 0 fully saturated rings. The van der Waals surface area contributed by atoms with Gasteiger partial charge >= 0.3 is 6.36 Å². The van der Waals surface area contributed by atoms with Crippen LogP contribution in [0.1, 0.15) is 29.4 Å². The first kappa shape index (κ1) is 25.0. The van der Waals surface area contributed by atoms with Gasteiger partial charge in [-0.25, -0.2) is 4.98 Å². The van der Waals surface area contributed by atoms with Crippen LogP contribution >= 0.6 is 11.3 Å². The Kier molecular flexibility index (Phi) is 7.72. The van der Waals surface area contributed by atoms with Crippen LogP contribution in [0.4, 0.5) is 19.0 Å². The molecule has 0 saturated heterocycles.